The topological polar surface area (TPSA) is 67.8 Å². The van der Waals surface area contributed by atoms with E-state index < -0.39 is 0 Å². The minimum atomic E-state index is -0.153. The number of nitrogens with one attached hydrogen (secondary N) is 1. The molecule has 0 radical (unpaired) electrons. The van der Waals surface area contributed by atoms with Gasteiger partial charge in [-0.25, -0.2) is 4.98 Å². The summed E-state index contributed by atoms with van der Waals surface area (Å²) in [6.07, 6.45) is 6.94. The number of pyridine rings is 3. The number of aromatic nitrogens is 3. The van der Waals surface area contributed by atoms with Crippen molar-refractivity contribution in [1.82, 2.24) is 20.3 Å². The highest BCUT2D eigenvalue weighted by molar-refractivity contribution is 6.07. The van der Waals surface area contributed by atoms with Gasteiger partial charge in [-0.05, 0) is 42.8 Å². The van der Waals surface area contributed by atoms with E-state index in [2.05, 4.69) is 15.3 Å². The van der Waals surface area contributed by atoms with Gasteiger partial charge in [0.1, 0.15) is 0 Å². The standard InChI is InChI=1S/C22H18N4O/c1-15(16-6-4-10-23-13-16)25-22(27)19-12-21(17-7-5-11-24-14-17)26-20-9-3-2-8-18(19)20/h2-15H,1H3,(H,25,27). The molecule has 0 saturated carbocycles. The highest BCUT2D eigenvalue weighted by Crippen LogP contribution is 2.25. The Hall–Kier alpha value is -3.60. The molecule has 0 fully saturated rings. The average Bonchev–Trinajstić information content (AvgIpc) is 2.74. The van der Waals surface area contributed by atoms with Crippen molar-refractivity contribution in [3.05, 3.63) is 90.5 Å². The fraction of sp³-hybridized carbons (Fsp3) is 0.0909. The smallest absolute Gasteiger partial charge is 0.252 e. The molecule has 1 unspecified atom stereocenters. The molecule has 0 bridgehead atoms. The summed E-state index contributed by atoms with van der Waals surface area (Å²) in [4.78, 5) is 26.0. The molecule has 1 amide bonds. The van der Waals surface area contributed by atoms with Crippen molar-refractivity contribution in [3.63, 3.8) is 0 Å². The molecule has 132 valence electrons. The van der Waals surface area contributed by atoms with Crippen LogP contribution < -0.4 is 5.32 Å². The Morgan fingerprint density at radius 1 is 0.963 bits per heavy atom. The van der Waals surface area contributed by atoms with Crippen LogP contribution in [0.15, 0.2) is 79.4 Å². The minimum absolute atomic E-state index is 0.143. The molecule has 1 aromatic carbocycles. The van der Waals surface area contributed by atoms with E-state index in [4.69, 9.17) is 4.98 Å². The van der Waals surface area contributed by atoms with E-state index in [0.29, 0.717) is 5.56 Å². The Labute approximate surface area is 157 Å². The molecule has 1 atom stereocenters. The molecule has 3 aromatic heterocycles. The van der Waals surface area contributed by atoms with Crippen LogP contribution in [0, 0.1) is 0 Å². The number of para-hydroxylation sites is 1. The normalized spacial score (nSPS) is 11.9. The summed E-state index contributed by atoms with van der Waals surface area (Å²) in [5.41, 5.74) is 3.92. The van der Waals surface area contributed by atoms with Gasteiger partial charge in [-0.1, -0.05) is 24.3 Å². The van der Waals surface area contributed by atoms with Crippen molar-refractivity contribution in [1.29, 1.82) is 0 Å². The van der Waals surface area contributed by atoms with Gasteiger partial charge in [0.25, 0.3) is 5.91 Å². The minimum Gasteiger partial charge on any atom is -0.345 e. The summed E-state index contributed by atoms with van der Waals surface area (Å²) in [6.45, 7) is 1.94. The van der Waals surface area contributed by atoms with Gasteiger partial charge in [-0.3, -0.25) is 14.8 Å². The van der Waals surface area contributed by atoms with Crippen LogP contribution >= 0.6 is 0 Å². The fourth-order valence-electron chi connectivity index (χ4n) is 3.02. The van der Waals surface area contributed by atoms with E-state index in [1.54, 1.807) is 24.8 Å². The van der Waals surface area contributed by atoms with Gasteiger partial charge in [0, 0.05) is 35.7 Å². The number of benzene rings is 1. The monoisotopic (exact) mass is 354 g/mol. The number of rotatable bonds is 4. The van der Waals surface area contributed by atoms with E-state index >= 15 is 0 Å². The Morgan fingerprint density at radius 2 is 1.74 bits per heavy atom. The number of carbonyl (C=O) groups is 1. The van der Waals surface area contributed by atoms with Gasteiger partial charge in [-0.2, -0.15) is 0 Å². The maximum atomic E-state index is 13.1. The summed E-state index contributed by atoms with van der Waals surface area (Å²) in [5.74, 6) is -0.143. The van der Waals surface area contributed by atoms with Crippen LogP contribution in [-0.2, 0) is 0 Å². The SMILES string of the molecule is CC(NC(=O)c1cc(-c2cccnc2)nc2ccccc12)c1cccnc1. The maximum absolute atomic E-state index is 13.1. The first-order chi connectivity index (χ1) is 13.2. The predicted octanol–water partition coefficient (Wildman–Crippen LogP) is 4.18. The van der Waals surface area contributed by atoms with Gasteiger partial charge < -0.3 is 5.32 Å². The zero-order chi connectivity index (χ0) is 18.6. The van der Waals surface area contributed by atoms with E-state index in [1.807, 2.05) is 61.5 Å². The van der Waals surface area contributed by atoms with E-state index in [0.717, 1.165) is 27.7 Å². The van der Waals surface area contributed by atoms with Gasteiger partial charge in [0.05, 0.1) is 22.8 Å². The molecular formula is C22H18N4O. The number of amides is 1. The first-order valence-corrected chi connectivity index (χ1v) is 8.73. The number of hydrogen-bond acceptors (Lipinski definition) is 4. The molecule has 0 saturated heterocycles. The van der Waals surface area contributed by atoms with E-state index in [-0.39, 0.29) is 11.9 Å². The van der Waals surface area contributed by atoms with Crippen LogP contribution in [-0.4, -0.2) is 20.9 Å². The second kappa shape index (κ2) is 7.33. The van der Waals surface area contributed by atoms with E-state index in [9.17, 15) is 4.79 Å². The third-order valence-corrected chi connectivity index (χ3v) is 4.45. The quantitative estimate of drug-likeness (QED) is 0.597. The summed E-state index contributed by atoms with van der Waals surface area (Å²) in [7, 11) is 0. The molecule has 0 aliphatic rings. The highest BCUT2D eigenvalue weighted by atomic mass is 16.1. The largest absolute Gasteiger partial charge is 0.345 e. The molecular weight excluding hydrogens is 336 g/mol. The molecule has 27 heavy (non-hydrogen) atoms. The van der Waals surface area contributed by atoms with Gasteiger partial charge in [0.15, 0.2) is 0 Å². The molecule has 5 nitrogen and oxygen atoms in total. The van der Waals surface area contributed by atoms with Crippen LogP contribution in [0.3, 0.4) is 0 Å². The lowest BCUT2D eigenvalue weighted by Crippen LogP contribution is -2.27. The zero-order valence-electron chi connectivity index (χ0n) is 14.8. The van der Waals surface area contributed by atoms with Gasteiger partial charge in [0.2, 0.25) is 0 Å². The molecule has 4 rings (SSSR count). The van der Waals surface area contributed by atoms with Crippen molar-refractivity contribution in [2.24, 2.45) is 0 Å². The molecule has 0 spiro atoms. The summed E-state index contributed by atoms with van der Waals surface area (Å²) >= 11 is 0. The molecule has 0 aliphatic carbocycles. The summed E-state index contributed by atoms with van der Waals surface area (Å²) in [5, 5.41) is 3.88. The molecule has 5 heteroatoms. The van der Waals surface area contributed by atoms with Gasteiger partial charge in [-0.15, -0.1) is 0 Å². The first kappa shape index (κ1) is 16.8. The Kier molecular flexibility index (Phi) is 4.58. The molecule has 0 aliphatic heterocycles. The lowest BCUT2D eigenvalue weighted by atomic mass is 10.0. The second-order valence-electron chi connectivity index (χ2n) is 6.30. The predicted molar refractivity (Wildman–Crippen MR) is 105 cm³/mol. The van der Waals surface area contributed by atoms with Crippen LogP contribution in [0.1, 0.15) is 28.9 Å². The van der Waals surface area contributed by atoms with Crippen LogP contribution in [0.4, 0.5) is 0 Å². The maximum Gasteiger partial charge on any atom is 0.252 e. The lowest BCUT2D eigenvalue weighted by Gasteiger charge is -2.15. The highest BCUT2D eigenvalue weighted by Gasteiger charge is 2.16. The Balaban J connectivity index is 1.74. The van der Waals surface area contributed by atoms with Crippen molar-refractivity contribution >= 4 is 16.8 Å². The second-order valence-corrected chi connectivity index (χ2v) is 6.30. The summed E-state index contributed by atoms with van der Waals surface area (Å²) in [6, 6.07) is 16.9. The van der Waals surface area contributed by atoms with Crippen molar-refractivity contribution < 1.29 is 4.79 Å². The van der Waals surface area contributed by atoms with Crippen molar-refractivity contribution in [2.45, 2.75) is 13.0 Å². The third-order valence-electron chi connectivity index (χ3n) is 4.45. The Morgan fingerprint density at radius 3 is 2.48 bits per heavy atom. The average molecular weight is 354 g/mol. The number of fused-ring (bicyclic) bond motifs is 1. The number of hydrogen-bond donors (Lipinski definition) is 1. The van der Waals surface area contributed by atoms with E-state index in [1.165, 1.54) is 0 Å². The lowest BCUT2D eigenvalue weighted by molar-refractivity contribution is 0.0941. The fourth-order valence-corrected chi connectivity index (χ4v) is 3.02. The number of nitrogens with zero attached hydrogens (tertiary/aromatic N) is 3. The van der Waals surface area contributed by atoms with Crippen LogP contribution in [0.5, 0.6) is 0 Å². The van der Waals surface area contributed by atoms with Gasteiger partial charge >= 0.3 is 0 Å². The zero-order valence-corrected chi connectivity index (χ0v) is 14.8. The first-order valence-electron chi connectivity index (χ1n) is 8.73. The number of carbonyl (C=O) groups excluding carboxylic acids is 1. The van der Waals surface area contributed by atoms with Crippen LogP contribution in [0.2, 0.25) is 0 Å². The van der Waals surface area contributed by atoms with Crippen molar-refractivity contribution in [2.75, 3.05) is 0 Å². The molecule has 3 heterocycles. The molecule has 1 N–H and O–H groups in total. The summed E-state index contributed by atoms with van der Waals surface area (Å²) < 4.78 is 0. The van der Waals surface area contributed by atoms with Crippen LogP contribution in [0.25, 0.3) is 22.2 Å². The Bertz CT molecular complexity index is 1080. The third kappa shape index (κ3) is 3.53. The molecule has 4 aromatic rings. The van der Waals surface area contributed by atoms with Crippen molar-refractivity contribution in [3.8, 4) is 11.3 Å².